The molecule has 0 unspecified atom stereocenters. The maximum absolute atomic E-state index is 14.5. The van der Waals surface area contributed by atoms with Crippen molar-refractivity contribution in [3.8, 4) is 11.5 Å². The standard InChI is InChI=1S/C45H68N4O8/c1-7-22-49(43(53)46-21-15-24-48-23-14-18-40(48)52)39-31-37(47-57-44(4,5)6)35-29-32(16-10-12-25-50)34(17-11-13-26-51)41-36-30-33(54-27-8-2)19-20-38(36)56-45(39,42(35)41)55-28-9-3/h8-9,19-20,29-30,32,34,39,41-42,50-51H,2-3,7,10-18,21-28,31H2,1,4-6H3,(H,46,53)/t32-,34+,39-,41+,42+,45+/m0/s1. The zero-order chi connectivity index (χ0) is 41.0. The van der Waals surface area contributed by atoms with Crippen LogP contribution in [-0.2, 0) is 14.4 Å². The lowest BCUT2D eigenvalue weighted by Gasteiger charge is -2.60. The summed E-state index contributed by atoms with van der Waals surface area (Å²) in [7, 11) is 0. The average molecular weight is 793 g/mol. The molecular weight excluding hydrogens is 725 g/mol. The molecule has 2 aliphatic carbocycles. The number of hydrogen-bond donors (Lipinski definition) is 3. The van der Waals surface area contributed by atoms with Crippen LogP contribution < -0.4 is 14.8 Å². The third kappa shape index (κ3) is 10.6. The number of carbonyl (C=O) groups excluding carboxylic acids is 2. The Morgan fingerprint density at radius 3 is 2.53 bits per heavy atom. The highest BCUT2D eigenvalue weighted by molar-refractivity contribution is 6.03. The topological polar surface area (TPSA) is 142 Å². The van der Waals surface area contributed by atoms with E-state index in [-0.39, 0.29) is 49.5 Å². The molecular formula is C45H68N4O8. The molecule has 1 saturated heterocycles. The third-order valence-electron chi connectivity index (χ3n) is 11.6. The number of fused-ring (bicyclic) bond motifs is 2. The zero-order valence-corrected chi connectivity index (χ0v) is 34.9. The van der Waals surface area contributed by atoms with Crippen LogP contribution in [-0.4, -0.2) is 108 Å². The molecule has 0 spiro atoms. The Hall–Kier alpha value is -3.87. The summed E-state index contributed by atoms with van der Waals surface area (Å²) in [5.41, 5.74) is 2.19. The summed E-state index contributed by atoms with van der Waals surface area (Å²) in [6, 6.07) is 5.11. The Morgan fingerprint density at radius 2 is 1.86 bits per heavy atom. The second kappa shape index (κ2) is 20.7. The van der Waals surface area contributed by atoms with E-state index in [1.807, 2.05) is 42.7 Å². The molecule has 3 N–H and O–H groups in total. The molecule has 1 aromatic rings. The van der Waals surface area contributed by atoms with Crippen LogP contribution in [0.5, 0.6) is 11.5 Å². The fourth-order valence-corrected chi connectivity index (χ4v) is 9.23. The van der Waals surface area contributed by atoms with E-state index in [1.165, 1.54) is 0 Å². The summed E-state index contributed by atoms with van der Waals surface area (Å²) < 4.78 is 20.5. The van der Waals surface area contributed by atoms with Crippen molar-refractivity contribution < 1.29 is 38.9 Å². The van der Waals surface area contributed by atoms with E-state index in [0.717, 1.165) is 55.5 Å². The van der Waals surface area contributed by atoms with E-state index in [1.54, 1.807) is 12.2 Å². The van der Waals surface area contributed by atoms with Gasteiger partial charge in [-0.3, -0.25) is 4.79 Å². The molecule has 1 saturated carbocycles. The average Bonchev–Trinajstić information content (AvgIpc) is 3.61. The Bertz CT molecular complexity index is 1590. The number of allylic oxidation sites excluding steroid dienone is 1. The minimum Gasteiger partial charge on any atom is -0.490 e. The second-order valence-electron chi connectivity index (χ2n) is 16.8. The summed E-state index contributed by atoms with van der Waals surface area (Å²) in [5.74, 6) is -0.0811. The summed E-state index contributed by atoms with van der Waals surface area (Å²) in [6.45, 7) is 18.9. The van der Waals surface area contributed by atoms with Gasteiger partial charge in [0.1, 0.15) is 29.7 Å². The number of aliphatic hydroxyl groups is 2. The number of hydrogen-bond acceptors (Lipinski definition) is 9. The van der Waals surface area contributed by atoms with Crippen molar-refractivity contribution in [1.82, 2.24) is 15.1 Å². The van der Waals surface area contributed by atoms with Crippen LogP contribution in [0.4, 0.5) is 4.79 Å². The first-order valence-corrected chi connectivity index (χ1v) is 21.3. The van der Waals surface area contributed by atoms with E-state index in [9.17, 15) is 19.8 Å². The fourth-order valence-electron chi connectivity index (χ4n) is 9.23. The number of oxime groups is 1. The van der Waals surface area contributed by atoms with Gasteiger partial charge < -0.3 is 44.4 Å². The molecule has 12 heteroatoms. The van der Waals surface area contributed by atoms with Gasteiger partial charge in [0, 0.05) is 63.7 Å². The Kier molecular flexibility index (Phi) is 16.1. The molecule has 1 aromatic carbocycles. The van der Waals surface area contributed by atoms with Crippen molar-refractivity contribution >= 4 is 17.6 Å². The smallest absolute Gasteiger partial charge is 0.317 e. The van der Waals surface area contributed by atoms with E-state index in [4.69, 9.17) is 24.2 Å². The number of urea groups is 1. The van der Waals surface area contributed by atoms with Gasteiger partial charge in [-0.2, -0.15) is 0 Å². The van der Waals surface area contributed by atoms with Crippen LogP contribution in [0.2, 0.25) is 0 Å². The van der Waals surface area contributed by atoms with Gasteiger partial charge in [-0.1, -0.05) is 49.7 Å². The lowest BCUT2D eigenvalue weighted by atomic mass is 9.55. The second-order valence-corrected chi connectivity index (χ2v) is 16.8. The lowest BCUT2D eigenvalue weighted by Crippen LogP contribution is -2.70. The molecule has 6 atom stereocenters. The van der Waals surface area contributed by atoms with E-state index < -0.39 is 23.3 Å². The van der Waals surface area contributed by atoms with Gasteiger partial charge in [0.05, 0.1) is 18.2 Å². The predicted octanol–water partition coefficient (Wildman–Crippen LogP) is 7.12. The van der Waals surface area contributed by atoms with Gasteiger partial charge in [-0.05, 0) is 101 Å². The van der Waals surface area contributed by atoms with Crippen LogP contribution in [0.1, 0.15) is 110 Å². The van der Waals surface area contributed by atoms with Gasteiger partial charge in [0.25, 0.3) is 0 Å². The van der Waals surface area contributed by atoms with Crippen LogP contribution in [0.25, 0.3) is 0 Å². The number of rotatable bonds is 22. The van der Waals surface area contributed by atoms with E-state index in [0.29, 0.717) is 76.3 Å². The van der Waals surface area contributed by atoms with Crippen LogP contribution in [0.3, 0.4) is 0 Å². The highest BCUT2D eigenvalue weighted by atomic mass is 16.7. The van der Waals surface area contributed by atoms with Gasteiger partial charge >= 0.3 is 6.03 Å². The number of unbranched alkanes of at least 4 members (excludes halogenated alkanes) is 2. The number of aliphatic hydroxyl groups excluding tert-OH is 2. The normalized spacial score (nSPS) is 25.9. The van der Waals surface area contributed by atoms with Crippen LogP contribution in [0.15, 0.2) is 60.3 Å². The quantitative estimate of drug-likeness (QED) is 0.0641. The van der Waals surface area contributed by atoms with E-state index >= 15 is 0 Å². The van der Waals surface area contributed by atoms with Crippen molar-refractivity contribution in [1.29, 1.82) is 0 Å². The van der Waals surface area contributed by atoms with Gasteiger partial charge in [-0.15, -0.1) is 6.58 Å². The highest BCUT2D eigenvalue weighted by Gasteiger charge is 2.65. The summed E-state index contributed by atoms with van der Waals surface area (Å²) >= 11 is 0. The number of benzene rings is 1. The van der Waals surface area contributed by atoms with Gasteiger partial charge in [0.15, 0.2) is 0 Å². The van der Waals surface area contributed by atoms with Crippen molar-refractivity contribution in [2.75, 3.05) is 52.6 Å². The first-order chi connectivity index (χ1) is 27.5. The molecule has 57 heavy (non-hydrogen) atoms. The van der Waals surface area contributed by atoms with Crippen LogP contribution in [0, 0.1) is 17.8 Å². The fraction of sp³-hybridized carbons (Fsp3) is 0.667. The predicted molar refractivity (Wildman–Crippen MR) is 222 cm³/mol. The first kappa shape index (κ1) is 44.2. The number of likely N-dealkylation sites (tertiary alicyclic amines) is 1. The number of ether oxygens (including phenoxy) is 3. The minimum atomic E-state index is -1.33. The summed E-state index contributed by atoms with van der Waals surface area (Å²) in [6.07, 6.45) is 13.7. The molecule has 4 aliphatic rings. The maximum Gasteiger partial charge on any atom is 0.317 e. The van der Waals surface area contributed by atoms with Gasteiger partial charge in [-0.25, -0.2) is 4.79 Å². The molecule has 0 bridgehead atoms. The molecule has 3 amide bonds. The highest BCUT2D eigenvalue weighted by Crippen LogP contribution is 2.62. The number of amides is 3. The summed E-state index contributed by atoms with van der Waals surface area (Å²) in [4.78, 5) is 36.8. The molecule has 2 fully saturated rings. The number of nitrogens with one attached hydrogen (secondary N) is 1. The first-order valence-electron chi connectivity index (χ1n) is 21.3. The molecule has 0 radical (unpaired) electrons. The lowest BCUT2D eigenvalue weighted by molar-refractivity contribution is -0.254. The van der Waals surface area contributed by atoms with Crippen molar-refractivity contribution in [3.63, 3.8) is 0 Å². The Balaban J connectivity index is 1.68. The molecule has 12 nitrogen and oxygen atoms in total. The monoisotopic (exact) mass is 793 g/mol. The van der Waals surface area contributed by atoms with Crippen molar-refractivity contribution in [2.45, 2.75) is 122 Å². The molecule has 0 aromatic heterocycles. The van der Waals surface area contributed by atoms with Crippen molar-refractivity contribution in [3.05, 3.63) is 60.7 Å². The molecule has 5 rings (SSSR count). The Morgan fingerprint density at radius 1 is 1.11 bits per heavy atom. The molecule has 2 aliphatic heterocycles. The van der Waals surface area contributed by atoms with Gasteiger partial charge in [0.2, 0.25) is 11.7 Å². The third-order valence-corrected chi connectivity index (χ3v) is 11.6. The SMILES string of the molecule is C=CCOc1ccc2c(c1)[C@H]1[C@H](CCCCO)[C@@H](CCCCO)C=C3C(=NOC(C)(C)C)C[C@H](N(CCC)C(=O)NCCCN4CCCC4=O)[C@@](OCC=C)(O2)[C@H]31. The maximum atomic E-state index is 14.5. The number of nitrogens with zero attached hydrogens (tertiary/aromatic N) is 3. The Labute approximate surface area is 340 Å². The largest absolute Gasteiger partial charge is 0.490 e. The van der Waals surface area contributed by atoms with Crippen molar-refractivity contribution in [2.24, 2.45) is 22.9 Å². The number of carbonyl (C=O) groups is 2. The zero-order valence-electron chi connectivity index (χ0n) is 34.9. The molecule has 2 heterocycles. The van der Waals surface area contributed by atoms with Crippen LogP contribution >= 0.6 is 0 Å². The summed E-state index contributed by atoms with van der Waals surface area (Å²) in [5, 5.41) is 27.8. The molecule has 316 valence electrons. The van der Waals surface area contributed by atoms with E-state index in [2.05, 4.69) is 37.5 Å². The minimum absolute atomic E-state index is 0.110.